The van der Waals surface area contributed by atoms with Crippen LogP contribution in [0, 0.1) is 13.8 Å². The second-order valence-electron chi connectivity index (χ2n) is 6.90. The summed E-state index contributed by atoms with van der Waals surface area (Å²) in [5, 5.41) is 4.33. The first-order chi connectivity index (χ1) is 14.6. The average Bonchev–Trinajstić information content (AvgIpc) is 3.28. The number of rotatable bonds is 6. The molecule has 0 saturated carbocycles. The fourth-order valence-corrected chi connectivity index (χ4v) is 3.45. The molecule has 2 heterocycles. The van der Waals surface area contributed by atoms with Gasteiger partial charge in [-0.05, 0) is 63.2 Å². The average molecular weight is 401 g/mol. The number of hydrogen-bond donors (Lipinski definition) is 2. The van der Waals surface area contributed by atoms with Gasteiger partial charge in [0.1, 0.15) is 0 Å². The number of hydrogen-bond acceptors (Lipinski definition) is 5. The normalized spacial score (nSPS) is 11.3. The van der Waals surface area contributed by atoms with Gasteiger partial charge >= 0.3 is 5.97 Å². The predicted octanol–water partition coefficient (Wildman–Crippen LogP) is 4.59. The maximum Gasteiger partial charge on any atom is 0.338 e. The zero-order chi connectivity index (χ0) is 21.1. The number of carbonyl (C=O) groups is 1. The van der Waals surface area contributed by atoms with Crippen molar-refractivity contribution in [1.29, 1.82) is 0 Å². The molecule has 0 saturated heterocycles. The number of nitrogens with zero attached hydrogens (tertiary/aromatic N) is 3. The topological polar surface area (TPSA) is 84.3 Å². The smallest absolute Gasteiger partial charge is 0.338 e. The van der Waals surface area contributed by atoms with Crippen LogP contribution in [0.15, 0.2) is 59.7 Å². The van der Waals surface area contributed by atoms with E-state index in [1.807, 2.05) is 50.2 Å². The van der Waals surface area contributed by atoms with E-state index in [2.05, 4.69) is 31.1 Å². The highest BCUT2D eigenvalue weighted by Crippen LogP contribution is 2.21. The Morgan fingerprint density at radius 3 is 2.70 bits per heavy atom. The summed E-state index contributed by atoms with van der Waals surface area (Å²) in [6, 6.07) is 17.3. The van der Waals surface area contributed by atoms with E-state index in [0.29, 0.717) is 18.1 Å². The van der Waals surface area contributed by atoms with Crippen LogP contribution >= 0.6 is 0 Å². The zero-order valence-corrected chi connectivity index (χ0v) is 17.1. The van der Waals surface area contributed by atoms with Gasteiger partial charge < -0.3 is 14.3 Å². The summed E-state index contributed by atoms with van der Waals surface area (Å²) in [6.07, 6.45) is 1.78. The van der Waals surface area contributed by atoms with Crippen LogP contribution in [0.1, 0.15) is 34.2 Å². The van der Waals surface area contributed by atoms with Crippen LogP contribution in [0.4, 0.5) is 5.95 Å². The number of nitrogens with one attached hydrogen (secondary N) is 2. The minimum Gasteiger partial charge on any atom is -0.462 e. The van der Waals surface area contributed by atoms with E-state index >= 15 is 0 Å². The van der Waals surface area contributed by atoms with Crippen molar-refractivity contribution in [2.24, 2.45) is 5.10 Å². The van der Waals surface area contributed by atoms with Gasteiger partial charge in [-0.3, -0.25) is 0 Å². The monoisotopic (exact) mass is 401 g/mol. The molecule has 0 aliphatic carbocycles. The third-order valence-electron chi connectivity index (χ3n) is 4.87. The third-order valence-corrected chi connectivity index (χ3v) is 4.87. The summed E-state index contributed by atoms with van der Waals surface area (Å²) in [5.41, 5.74) is 9.43. The van der Waals surface area contributed by atoms with Gasteiger partial charge in [0.15, 0.2) is 0 Å². The molecule has 0 spiro atoms. The van der Waals surface area contributed by atoms with E-state index in [1.165, 1.54) is 0 Å². The van der Waals surface area contributed by atoms with Gasteiger partial charge in [-0.25, -0.2) is 15.2 Å². The Balaban J connectivity index is 1.53. The minimum absolute atomic E-state index is 0.311. The largest absolute Gasteiger partial charge is 0.462 e. The Labute approximate surface area is 174 Å². The number of aromatic amines is 1. The van der Waals surface area contributed by atoms with Crippen molar-refractivity contribution in [3.63, 3.8) is 0 Å². The lowest BCUT2D eigenvalue weighted by Crippen LogP contribution is -2.05. The first-order valence-corrected chi connectivity index (χ1v) is 9.77. The van der Waals surface area contributed by atoms with Crippen molar-refractivity contribution in [1.82, 2.24) is 14.5 Å². The number of anilines is 1. The Hall–Kier alpha value is -3.87. The molecule has 7 heteroatoms. The second-order valence-corrected chi connectivity index (χ2v) is 6.90. The minimum atomic E-state index is -0.311. The van der Waals surface area contributed by atoms with Crippen molar-refractivity contribution in [3.8, 4) is 5.69 Å². The van der Waals surface area contributed by atoms with E-state index in [4.69, 9.17) is 4.74 Å². The number of hydrazone groups is 1. The van der Waals surface area contributed by atoms with Gasteiger partial charge in [-0.15, -0.1) is 0 Å². The van der Waals surface area contributed by atoms with Gasteiger partial charge in [-0.1, -0.05) is 12.1 Å². The highest BCUT2D eigenvalue weighted by atomic mass is 16.5. The molecule has 0 amide bonds. The molecule has 152 valence electrons. The van der Waals surface area contributed by atoms with Gasteiger partial charge in [0.25, 0.3) is 0 Å². The number of ether oxygens (including phenoxy) is 1. The molecule has 0 fully saturated rings. The van der Waals surface area contributed by atoms with Crippen LogP contribution in [0.3, 0.4) is 0 Å². The van der Waals surface area contributed by atoms with Crippen LogP contribution in [0.2, 0.25) is 0 Å². The molecule has 4 aromatic rings. The lowest BCUT2D eigenvalue weighted by Gasteiger charge is -2.10. The lowest BCUT2D eigenvalue weighted by atomic mass is 10.2. The molecule has 2 aromatic carbocycles. The van der Waals surface area contributed by atoms with E-state index in [1.54, 1.807) is 25.3 Å². The Morgan fingerprint density at radius 1 is 1.20 bits per heavy atom. The van der Waals surface area contributed by atoms with Crippen LogP contribution in [-0.2, 0) is 4.74 Å². The molecule has 0 aliphatic rings. The first-order valence-electron chi connectivity index (χ1n) is 9.77. The molecule has 0 atom stereocenters. The number of H-pyrrole nitrogens is 1. The fraction of sp³-hybridized carbons (Fsp3) is 0.174. The summed E-state index contributed by atoms with van der Waals surface area (Å²) < 4.78 is 7.17. The number of fused-ring (bicyclic) bond motifs is 1. The molecule has 4 rings (SSSR count). The van der Waals surface area contributed by atoms with Gasteiger partial charge in [-0.2, -0.15) is 5.10 Å². The lowest BCUT2D eigenvalue weighted by molar-refractivity contribution is 0.0526. The number of esters is 1. The molecular formula is C23H23N5O2. The molecular weight excluding hydrogens is 378 g/mol. The molecule has 0 radical (unpaired) electrons. The first kappa shape index (κ1) is 19.4. The number of aromatic nitrogens is 3. The number of benzene rings is 2. The molecule has 7 nitrogen and oxygen atoms in total. The number of aryl methyl sites for hydroxylation is 1. The Kier molecular flexibility index (Phi) is 5.34. The highest BCUT2D eigenvalue weighted by molar-refractivity contribution is 5.89. The fourth-order valence-electron chi connectivity index (χ4n) is 3.45. The maximum absolute atomic E-state index is 11.9. The van der Waals surface area contributed by atoms with E-state index in [9.17, 15) is 4.79 Å². The summed E-state index contributed by atoms with van der Waals surface area (Å²) in [7, 11) is 0. The molecule has 0 bridgehead atoms. The van der Waals surface area contributed by atoms with Gasteiger partial charge in [0.05, 0.1) is 29.4 Å². The van der Waals surface area contributed by atoms with Crippen molar-refractivity contribution < 1.29 is 9.53 Å². The predicted molar refractivity (Wildman–Crippen MR) is 119 cm³/mol. The SMILES string of the molecule is CCOC(=O)c1ccc(-n2c(C)cc(C=NNc3nc4ccccc4[nH]3)c2C)cc1. The third kappa shape index (κ3) is 3.82. The summed E-state index contributed by atoms with van der Waals surface area (Å²) in [6.45, 7) is 6.23. The Morgan fingerprint density at radius 2 is 1.97 bits per heavy atom. The van der Waals surface area contributed by atoms with Gasteiger partial charge in [0, 0.05) is 22.6 Å². The Bertz CT molecular complexity index is 1190. The van der Waals surface area contributed by atoms with Crippen molar-refractivity contribution in [3.05, 3.63) is 77.1 Å². The van der Waals surface area contributed by atoms with Crippen molar-refractivity contribution in [2.75, 3.05) is 12.0 Å². The molecule has 2 N–H and O–H groups in total. The number of carbonyl (C=O) groups excluding carboxylic acids is 1. The molecule has 0 aliphatic heterocycles. The summed E-state index contributed by atoms with van der Waals surface area (Å²) in [4.78, 5) is 19.5. The highest BCUT2D eigenvalue weighted by Gasteiger charge is 2.11. The van der Waals surface area contributed by atoms with E-state index in [0.717, 1.165) is 33.7 Å². The molecule has 0 unspecified atom stereocenters. The van der Waals surface area contributed by atoms with Gasteiger partial charge in [0.2, 0.25) is 5.95 Å². The molecule has 30 heavy (non-hydrogen) atoms. The van der Waals surface area contributed by atoms with Crippen LogP contribution in [0.25, 0.3) is 16.7 Å². The summed E-state index contributed by atoms with van der Waals surface area (Å²) >= 11 is 0. The number of imidazole rings is 1. The van der Waals surface area contributed by atoms with Crippen LogP contribution in [-0.4, -0.2) is 33.3 Å². The van der Waals surface area contributed by atoms with E-state index in [-0.39, 0.29) is 5.97 Å². The van der Waals surface area contributed by atoms with Crippen LogP contribution in [0.5, 0.6) is 0 Å². The quantitative estimate of drug-likeness (QED) is 0.281. The standard InChI is InChI=1S/C23H23N5O2/c1-4-30-22(29)17-9-11-19(12-10-17)28-15(2)13-18(16(28)3)14-24-27-23-25-20-7-5-6-8-21(20)26-23/h5-14H,4H2,1-3H3,(H2,25,26,27). The number of para-hydroxylation sites is 2. The van der Waals surface area contributed by atoms with E-state index < -0.39 is 0 Å². The maximum atomic E-state index is 11.9. The van der Waals surface area contributed by atoms with Crippen molar-refractivity contribution >= 4 is 29.2 Å². The second kappa shape index (κ2) is 8.24. The van der Waals surface area contributed by atoms with Crippen molar-refractivity contribution in [2.45, 2.75) is 20.8 Å². The van der Waals surface area contributed by atoms with Crippen LogP contribution < -0.4 is 5.43 Å². The summed E-state index contributed by atoms with van der Waals surface area (Å²) in [5.74, 6) is 0.283. The zero-order valence-electron chi connectivity index (χ0n) is 17.1. The molecule has 2 aromatic heterocycles.